The van der Waals surface area contributed by atoms with Gasteiger partial charge in [0.25, 0.3) is 0 Å². The molecule has 0 atom stereocenters. The lowest BCUT2D eigenvalue weighted by molar-refractivity contribution is -0.117. The van der Waals surface area contributed by atoms with Gasteiger partial charge in [0.2, 0.25) is 0 Å². The van der Waals surface area contributed by atoms with Crippen molar-refractivity contribution < 1.29 is 4.79 Å². The zero-order chi connectivity index (χ0) is 15.8. The fourth-order valence-electron chi connectivity index (χ4n) is 2.41. The molecule has 1 rings (SSSR count). The van der Waals surface area contributed by atoms with Crippen LogP contribution in [0.5, 0.6) is 0 Å². The van der Waals surface area contributed by atoms with Crippen molar-refractivity contribution in [3.8, 4) is 0 Å². The van der Waals surface area contributed by atoms with Crippen LogP contribution in [0.25, 0.3) is 0 Å². The number of rotatable bonds is 7. The third-order valence-electron chi connectivity index (χ3n) is 3.41. The monoisotopic (exact) mass is 306 g/mol. The van der Waals surface area contributed by atoms with Crippen LogP contribution in [0.1, 0.15) is 49.3 Å². The van der Waals surface area contributed by atoms with Crippen LogP contribution >= 0.6 is 12.2 Å². The lowest BCUT2D eigenvalue weighted by atomic mass is 10.1. The van der Waals surface area contributed by atoms with E-state index in [0.29, 0.717) is 11.5 Å². The third kappa shape index (κ3) is 6.71. The summed E-state index contributed by atoms with van der Waals surface area (Å²) in [6.07, 6.45) is 3.73. The molecule has 0 spiro atoms. The van der Waals surface area contributed by atoms with Crippen molar-refractivity contribution in [2.45, 2.75) is 53.4 Å². The van der Waals surface area contributed by atoms with Crippen LogP contribution in [0.15, 0.2) is 12.1 Å². The molecular formula is C17H26N2OS. The number of ketones is 1. The molecule has 1 aromatic rings. The quantitative estimate of drug-likeness (QED) is 0.589. The van der Waals surface area contributed by atoms with Crippen LogP contribution in [0.3, 0.4) is 0 Å². The van der Waals surface area contributed by atoms with Gasteiger partial charge in [0, 0.05) is 18.7 Å². The largest absolute Gasteiger partial charge is 0.362 e. The number of thiocarbonyl (C=S) groups is 1. The van der Waals surface area contributed by atoms with Gasteiger partial charge in [-0.2, -0.15) is 0 Å². The summed E-state index contributed by atoms with van der Waals surface area (Å²) in [5, 5.41) is 7.17. The average Bonchev–Trinajstić information content (AvgIpc) is 2.37. The summed E-state index contributed by atoms with van der Waals surface area (Å²) in [5.41, 5.74) is 4.77. The van der Waals surface area contributed by atoms with Gasteiger partial charge in [0.15, 0.2) is 5.11 Å². The molecule has 4 heteroatoms. The summed E-state index contributed by atoms with van der Waals surface area (Å²) in [4.78, 5) is 10.8. The van der Waals surface area contributed by atoms with Gasteiger partial charge in [0.05, 0.1) is 0 Å². The average molecular weight is 306 g/mol. The van der Waals surface area contributed by atoms with Gasteiger partial charge >= 0.3 is 0 Å². The molecule has 0 amide bonds. The van der Waals surface area contributed by atoms with Crippen LogP contribution in [-0.2, 0) is 4.79 Å². The second-order valence-corrected chi connectivity index (χ2v) is 6.08. The van der Waals surface area contributed by atoms with Gasteiger partial charge in [-0.05, 0) is 63.9 Å². The van der Waals surface area contributed by atoms with Gasteiger partial charge in [-0.25, -0.2) is 0 Å². The van der Waals surface area contributed by atoms with Crippen LogP contribution in [-0.4, -0.2) is 17.4 Å². The number of hydrogen-bond acceptors (Lipinski definition) is 2. The summed E-state index contributed by atoms with van der Waals surface area (Å²) in [5.74, 6) is 0.269. The predicted molar refractivity (Wildman–Crippen MR) is 94.0 cm³/mol. The zero-order valence-corrected chi connectivity index (χ0v) is 14.3. The number of hydrogen-bond donors (Lipinski definition) is 2. The topological polar surface area (TPSA) is 41.1 Å². The molecule has 0 saturated carbocycles. The first-order chi connectivity index (χ1) is 9.90. The number of unbranched alkanes of at least 4 members (excludes halogenated alkanes) is 2. The highest BCUT2D eigenvalue weighted by Gasteiger charge is 2.05. The van der Waals surface area contributed by atoms with Crippen LogP contribution < -0.4 is 10.6 Å². The standard InChI is InChI=1S/C17H26N2OS/c1-12-10-13(2)16(14(3)11-12)19-17(21)18-9-7-5-6-8-15(4)20/h10-11H,5-9H2,1-4H3,(H2,18,19,21). The molecule has 0 aliphatic heterocycles. The fraction of sp³-hybridized carbons (Fsp3) is 0.529. The van der Waals surface area contributed by atoms with Gasteiger partial charge in [-0.15, -0.1) is 0 Å². The van der Waals surface area contributed by atoms with Gasteiger partial charge in [-0.1, -0.05) is 24.1 Å². The maximum Gasteiger partial charge on any atom is 0.170 e. The van der Waals surface area contributed by atoms with Crippen LogP contribution in [0, 0.1) is 20.8 Å². The van der Waals surface area contributed by atoms with Crippen molar-refractivity contribution in [1.29, 1.82) is 0 Å². The Morgan fingerprint density at radius 3 is 2.29 bits per heavy atom. The predicted octanol–water partition coefficient (Wildman–Crippen LogP) is 4.05. The van der Waals surface area contributed by atoms with Crippen LogP contribution in [0.4, 0.5) is 5.69 Å². The van der Waals surface area contributed by atoms with E-state index in [1.807, 2.05) is 0 Å². The van der Waals surface area contributed by atoms with E-state index in [9.17, 15) is 4.79 Å². The second-order valence-electron chi connectivity index (χ2n) is 5.67. The van der Waals surface area contributed by atoms with Crippen molar-refractivity contribution in [3.63, 3.8) is 0 Å². The molecular weight excluding hydrogens is 280 g/mol. The molecule has 0 saturated heterocycles. The normalized spacial score (nSPS) is 10.3. The lowest BCUT2D eigenvalue weighted by Crippen LogP contribution is -2.29. The molecule has 0 aliphatic carbocycles. The first-order valence-electron chi connectivity index (χ1n) is 7.52. The number of carbonyl (C=O) groups is 1. The number of anilines is 1. The Balaban J connectivity index is 2.33. The molecule has 21 heavy (non-hydrogen) atoms. The Morgan fingerprint density at radius 2 is 1.71 bits per heavy atom. The van der Waals surface area contributed by atoms with E-state index in [-0.39, 0.29) is 5.78 Å². The van der Waals surface area contributed by atoms with Crippen LogP contribution in [0.2, 0.25) is 0 Å². The van der Waals surface area contributed by atoms with Gasteiger partial charge in [-0.3, -0.25) is 0 Å². The summed E-state index contributed by atoms with van der Waals surface area (Å²) in [6, 6.07) is 4.30. The molecule has 0 fully saturated rings. The molecule has 0 unspecified atom stereocenters. The van der Waals surface area contributed by atoms with E-state index in [0.717, 1.165) is 31.5 Å². The Hall–Kier alpha value is -1.42. The number of benzene rings is 1. The highest BCUT2D eigenvalue weighted by atomic mass is 32.1. The van der Waals surface area contributed by atoms with E-state index < -0.39 is 0 Å². The Labute approximate surface area is 133 Å². The third-order valence-corrected chi connectivity index (χ3v) is 3.65. The second kappa shape index (κ2) is 8.78. The van der Waals surface area contributed by atoms with E-state index in [2.05, 4.69) is 43.5 Å². The van der Waals surface area contributed by atoms with Crippen molar-refractivity contribution in [2.75, 3.05) is 11.9 Å². The first kappa shape index (κ1) is 17.6. The van der Waals surface area contributed by atoms with E-state index in [1.54, 1.807) is 6.92 Å². The minimum absolute atomic E-state index is 0.269. The summed E-state index contributed by atoms with van der Waals surface area (Å²) in [7, 11) is 0. The van der Waals surface area contributed by atoms with E-state index >= 15 is 0 Å². The van der Waals surface area contributed by atoms with Gasteiger partial charge < -0.3 is 15.4 Å². The smallest absolute Gasteiger partial charge is 0.170 e. The Bertz CT molecular complexity index is 489. The highest BCUT2D eigenvalue weighted by molar-refractivity contribution is 7.80. The Morgan fingerprint density at radius 1 is 1.10 bits per heavy atom. The number of nitrogens with one attached hydrogen (secondary N) is 2. The number of aryl methyl sites for hydroxylation is 3. The van der Waals surface area contributed by atoms with Crippen molar-refractivity contribution in [3.05, 3.63) is 28.8 Å². The van der Waals surface area contributed by atoms with Crippen molar-refractivity contribution in [2.24, 2.45) is 0 Å². The molecule has 0 aliphatic rings. The fourth-order valence-corrected chi connectivity index (χ4v) is 2.62. The van der Waals surface area contributed by atoms with Gasteiger partial charge in [0.1, 0.15) is 5.78 Å². The van der Waals surface area contributed by atoms with E-state index in [1.165, 1.54) is 16.7 Å². The summed E-state index contributed by atoms with van der Waals surface area (Å²) in [6.45, 7) is 8.76. The first-order valence-corrected chi connectivity index (χ1v) is 7.93. The minimum Gasteiger partial charge on any atom is -0.362 e. The maximum atomic E-state index is 10.8. The molecule has 0 heterocycles. The molecule has 2 N–H and O–H groups in total. The zero-order valence-electron chi connectivity index (χ0n) is 13.5. The maximum absolute atomic E-state index is 10.8. The molecule has 116 valence electrons. The highest BCUT2D eigenvalue weighted by Crippen LogP contribution is 2.21. The SMILES string of the molecule is CC(=O)CCCCCNC(=S)Nc1c(C)cc(C)cc1C. The molecule has 1 aromatic carbocycles. The lowest BCUT2D eigenvalue weighted by Gasteiger charge is -2.15. The minimum atomic E-state index is 0.269. The molecule has 0 radical (unpaired) electrons. The Kier molecular flexibility index (Phi) is 7.37. The number of Topliss-reactive ketones (excluding diaryl/α,β-unsaturated/α-hetero) is 1. The summed E-state index contributed by atoms with van der Waals surface area (Å²) < 4.78 is 0. The van der Waals surface area contributed by atoms with Crippen molar-refractivity contribution in [1.82, 2.24) is 5.32 Å². The number of carbonyl (C=O) groups excluding carboxylic acids is 1. The van der Waals surface area contributed by atoms with Crippen molar-refractivity contribution >= 4 is 28.8 Å². The molecule has 0 bridgehead atoms. The molecule has 0 aromatic heterocycles. The van der Waals surface area contributed by atoms with E-state index in [4.69, 9.17) is 12.2 Å². The summed E-state index contributed by atoms with van der Waals surface area (Å²) >= 11 is 5.33. The molecule has 3 nitrogen and oxygen atoms in total.